The standard InChI is InChI=1S/C16H12BrClN2O6/c1-25-14-5-2-9(18)6-11(14)16(22)26-8-15(21)19-13-4-3-10(20(23)24)7-12(13)17/h2-7H,8H2,1H3,(H,19,21). The molecular formula is C16H12BrClN2O6. The number of carbonyl (C=O) groups is 2. The van der Waals surface area contributed by atoms with Gasteiger partial charge in [-0.05, 0) is 40.2 Å². The maximum Gasteiger partial charge on any atom is 0.342 e. The van der Waals surface area contributed by atoms with Gasteiger partial charge in [0.1, 0.15) is 11.3 Å². The molecule has 0 aromatic heterocycles. The Bertz CT molecular complexity index is 874. The Morgan fingerprint density at radius 3 is 2.62 bits per heavy atom. The zero-order valence-electron chi connectivity index (χ0n) is 13.3. The molecule has 26 heavy (non-hydrogen) atoms. The van der Waals surface area contributed by atoms with Gasteiger partial charge in [-0.2, -0.15) is 0 Å². The van der Waals surface area contributed by atoms with E-state index in [4.69, 9.17) is 21.1 Å². The van der Waals surface area contributed by atoms with Gasteiger partial charge in [0.05, 0.1) is 17.7 Å². The van der Waals surface area contributed by atoms with Gasteiger partial charge in [0.15, 0.2) is 6.61 Å². The van der Waals surface area contributed by atoms with Crippen LogP contribution in [0.15, 0.2) is 40.9 Å². The lowest BCUT2D eigenvalue weighted by atomic mass is 10.2. The van der Waals surface area contributed by atoms with Gasteiger partial charge in [0.2, 0.25) is 0 Å². The summed E-state index contributed by atoms with van der Waals surface area (Å²) in [5.74, 6) is -1.13. The maximum absolute atomic E-state index is 12.1. The minimum Gasteiger partial charge on any atom is -0.496 e. The number of benzene rings is 2. The van der Waals surface area contributed by atoms with E-state index in [1.54, 1.807) is 6.07 Å². The topological polar surface area (TPSA) is 108 Å². The number of esters is 1. The maximum atomic E-state index is 12.1. The van der Waals surface area contributed by atoms with Crippen molar-refractivity contribution in [3.8, 4) is 5.75 Å². The first-order valence-electron chi connectivity index (χ1n) is 7.06. The summed E-state index contributed by atoms with van der Waals surface area (Å²) >= 11 is 8.97. The summed E-state index contributed by atoms with van der Waals surface area (Å²) in [5, 5.41) is 13.5. The van der Waals surface area contributed by atoms with Crippen LogP contribution in [0.1, 0.15) is 10.4 Å². The fourth-order valence-electron chi connectivity index (χ4n) is 1.95. The van der Waals surface area contributed by atoms with E-state index in [2.05, 4.69) is 21.2 Å². The normalized spacial score (nSPS) is 10.1. The van der Waals surface area contributed by atoms with Crippen molar-refractivity contribution >= 4 is 50.8 Å². The molecule has 8 nitrogen and oxygen atoms in total. The molecule has 2 aromatic carbocycles. The van der Waals surface area contributed by atoms with Crippen LogP contribution >= 0.6 is 27.5 Å². The summed E-state index contributed by atoms with van der Waals surface area (Å²) in [6, 6.07) is 8.28. The summed E-state index contributed by atoms with van der Waals surface area (Å²) in [6.07, 6.45) is 0. The zero-order chi connectivity index (χ0) is 19.3. The van der Waals surface area contributed by atoms with Crippen LogP contribution in [0.25, 0.3) is 0 Å². The Labute approximate surface area is 161 Å². The molecule has 0 spiro atoms. The molecule has 0 radical (unpaired) electrons. The second-order valence-electron chi connectivity index (χ2n) is 4.89. The minimum absolute atomic E-state index is 0.0873. The van der Waals surface area contributed by atoms with Gasteiger partial charge >= 0.3 is 5.97 Å². The zero-order valence-corrected chi connectivity index (χ0v) is 15.7. The van der Waals surface area contributed by atoms with Gasteiger partial charge < -0.3 is 14.8 Å². The van der Waals surface area contributed by atoms with Crippen LogP contribution in [0, 0.1) is 10.1 Å². The van der Waals surface area contributed by atoms with Gasteiger partial charge in [-0.25, -0.2) is 4.79 Å². The van der Waals surface area contributed by atoms with Gasteiger partial charge in [-0.1, -0.05) is 11.6 Å². The Hall–Kier alpha value is -2.65. The fourth-order valence-corrected chi connectivity index (χ4v) is 2.59. The highest BCUT2D eigenvalue weighted by Crippen LogP contribution is 2.27. The number of hydrogen-bond acceptors (Lipinski definition) is 6. The Morgan fingerprint density at radius 2 is 2.00 bits per heavy atom. The van der Waals surface area contributed by atoms with Crippen molar-refractivity contribution in [1.29, 1.82) is 0 Å². The molecule has 0 aliphatic rings. The van der Waals surface area contributed by atoms with E-state index < -0.39 is 23.4 Å². The number of carbonyl (C=O) groups excluding carboxylic acids is 2. The number of nitrogens with one attached hydrogen (secondary N) is 1. The molecule has 2 aromatic rings. The molecule has 0 bridgehead atoms. The highest BCUT2D eigenvalue weighted by atomic mass is 79.9. The predicted molar refractivity (Wildman–Crippen MR) is 97.7 cm³/mol. The van der Waals surface area contributed by atoms with Crippen LogP contribution in [0.2, 0.25) is 5.02 Å². The van der Waals surface area contributed by atoms with E-state index in [-0.39, 0.29) is 17.0 Å². The van der Waals surface area contributed by atoms with Crippen molar-refractivity contribution in [1.82, 2.24) is 0 Å². The quantitative estimate of drug-likeness (QED) is 0.413. The lowest BCUT2D eigenvalue weighted by Crippen LogP contribution is -2.21. The average molecular weight is 444 g/mol. The smallest absolute Gasteiger partial charge is 0.342 e. The summed E-state index contributed by atoms with van der Waals surface area (Å²) in [4.78, 5) is 34.2. The Kier molecular flexibility index (Phi) is 6.53. The molecule has 0 aliphatic heterocycles. The third kappa shape index (κ3) is 4.93. The number of amides is 1. The Balaban J connectivity index is 2.00. The molecule has 0 saturated carbocycles. The molecule has 1 amide bonds. The van der Waals surface area contributed by atoms with Crippen molar-refractivity contribution in [3.05, 3.63) is 61.6 Å². The third-order valence-corrected chi connectivity index (χ3v) is 4.04. The Morgan fingerprint density at radius 1 is 1.27 bits per heavy atom. The lowest BCUT2D eigenvalue weighted by molar-refractivity contribution is -0.384. The SMILES string of the molecule is COc1ccc(Cl)cc1C(=O)OCC(=O)Nc1ccc([N+](=O)[O-])cc1Br. The second kappa shape index (κ2) is 8.63. The van der Waals surface area contributed by atoms with Gasteiger partial charge in [-0.15, -0.1) is 0 Å². The molecule has 0 atom stereocenters. The van der Waals surface area contributed by atoms with E-state index in [1.165, 1.54) is 37.4 Å². The van der Waals surface area contributed by atoms with Gasteiger partial charge in [0, 0.05) is 21.6 Å². The van der Waals surface area contributed by atoms with E-state index in [1.807, 2.05) is 0 Å². The fraction of sp³-hybridized carbons (Fsp3) is 0.125. The van der Waals surface area contributed by atoms with Crippen LogP contribution in [0.3, 0.4) is 0 Å². The van der Waals surface area contributed by atoms with Crippen molar-refractivity contribution in [2.75, 3.05) is 19.0 Å². The number of methoxy groups -OCH3 is 1. The summed E-state index contributed by atoms with van der Waals surface area (Å²) < 4.78 is 10.3. The molecule has 0 aliphatic carbocycles. The number of ether oxygens (including phenoxy) is 2. The first-order valence-corrected chi connectivity index (χ1v) is 8.23. The first kappa shape index (κ1) is 19.7. The highest BCUT2D eigenvalue weighted by Gasteiger charge is 2.17. The minimum atomic E-state index is -0.776. The number of hydrogen-bond donors (Lipinski definition) is 1. The van der Waals surface area contributed by atoms with Crippen molar-refractivity contribution in [3.63, 3.8) is 0 Å². The molecule has 136 valence electrons. The summed E-state index contributed by atoms with van der Waals surface area (Å²) in [6.45, 7) is -0.558. The first-order chi connectivity index (χ1) is 12.3. The molecule has 0 saturated heterocycles. The number of nitro groups is 1. The van der Waals surface area contributed by atoms with Crippen LogP contribution in [0.5, 0.6) is 5.75 Å². The van der Waals surface area contributed by atoms with E-state index in [9.17, 15) is 19.7 Å². The van der Waals surface area contributed by atoms with Crippen molar-refractivity contribution in [2.45, 2.75) is 0 Å². The van der Waals surface area contributed by atoms with E-state index in [0.29, 0.717) is 15.2 Å². The second-order valence-corrected chi connectivity index (χ2v) is 6.18. The molecule has 0 fully saturated rings. The van der Waals surface area contributed by atoms with Gasteiger partial charge in [0.25, 0.3) is 11.6 Å². The summed E-state index contributed by atoms with van der Waals surface area (Å²) in [5.41, 5.74) is 0.260. The number of anilines is 1. The van der Waals surface area contributed by atoms with Crippen LogP contribution in [0.4, 0.5) is 11.4 Å². The van der Waals surface area contributed by atoms with Gasteiger partial charge in [-0.3, -0.25) is 14.9 Å². The summed E-state index contributed by atoms with van der Waals surface area (Å²) in [7, 11) is 1.39. The van der Waals surface area contributed by atoms with Crippen LogP contribution in [-0.4, -0.2) is 30.5 Å². The number of halogens is 2. The van der Waals surface area contributed by atoms with E-state index in [0.717, 1.165) is 0 Å². The average Bonchev–Trinajstić information content (AvgIpc) is 2.61. The van der Waals surface area contributed by atoms with Crippen molar-refractivity contribution in [2.24, 2.45) is 0 Å². The molecule has 10 heteroatoms. The van der Waals surface area contributed by atoms with Crippen molar-refractivity contribution < 1.29 is 24.0 Å². The molecule has 0 heterocycles. The van der Waals surface area contributed by atoms with Crippen LogP contribution in [-0.2, 0) is 9.53 Å². The number of nitro benzene ring substituents is 1. The molecular weight excluding hydrogens is 432 g/mol. The molecule has 2 rings (SSSR count). The number of rotatable bonds is 6. The van der Waals surface area contributed by atoms with E-state index >= 15 is 0 Å². The number of non-ortho nitro benzene ring substituents is 1. The largest absolute Gasteiger partial charge is 0.496 e. The lowest BCUT2D eigenvalue weighted by Gasteiger charge is -2.10. The number of nitrogens with zero attached hydrogens (tertiary/aromatic N) is 1. The monoisotopic (exact) mass is 442 g/mol. The molecule has 1 N–H and O–H groups in total. The molecule has 0 unspecified atom stereocenters. The van der Waals surface area contributed by atoms with Crippen LogP contribution < -0.4 is 10.1 Å². The highest BCUT2D eigenvalue weighted by molar-refractivity contribution is 9.10. The predicted octanol–water partition coefficient (Wildman–Crippen LogP) is 3.81. The third-order valence-electron chi connectivity index (χ3n) is 3.15.